The molecular weight excluding hydrogens is 532 g/mol. The molecule has 1 heterocycles. The Morgan fingerprint density at radius 1 is 1.18 bits per heavy atom. The van der Waals surface area contributed by atoms with Crippen molar-refractivity contribution in [2.24, 2.45) is 10.3 Å². The molecule has 0 saturated carbocycles. The van der Waals surface area contributed by atoms with Gasteiger partial charge < -0.3 is 10.4 Å². The highest BCUT2D eigenvalue weighted by Crippen LogP contribution is 2.57. The summed E-state index contributed by atoms with van der Waals surface area (Å²) in [5, 5.41) is 14.1. The van der Waals surface area contributed by atoms with E-state index in [4.69, 9.17) is 0 Å². The highest BCUT2D eigenvalue weighted by atomic mass is 32.3. The van der Waals surface area contributed by atoms with Gasteiger partial charge in [-0.25, -0.2) is 4.72 Å². The average molecular weight is 563 g/mol. The first kappa shape index (κ1) is 27.6. The van der Waals surface area contributed by atoms with Crippen LogP contribution < -0.4 is 14.8 Å². The fourth-order valence-corrected chi connectivity index (χ4v) is 6.63. The Kier molecular flexibility index (Phi) is 7.08. The highest BCUT2D eigenvalue weighted by Gasteiger charge is 2.46. The number of ketones is 1. The number of rotatable bonds is 7. The summed E-state index contributed by atoms with van der Waals surface area (Å²) in [6.45, 7) is 6.96. The molecule has 1 amide bonds. The second kappa shape index (κ2) is 9.73. The number of hydrogen-bond acceptors (Lipinski definition) is 9. The topological polar surface area (TPSA) is 177 Å². The molecule has 1 aliphatic carbocycles. The van der Waals surface area contributed by atoms with E-state index in [1.807, 2.05) is 13.0 Å². The Bertz CT molecular complexity index is 1500. The van der Waals surface area contributed by atoms with Crippen LogP contribution in [-0.4, -0.2) is 40.2 Å². The predicted octanol–water partition coefficient (Wildman–Crippen LogP) is 4.57. The minimum absolute atomic E-state index is 0.0519. The van der Waals surface area contributed by atoms with E-state index in [2.05, 4.69) is 28.3 Å². The Morgan fingerprint density at radius 3 is 2.53 bits per heavy atom. The molecule has 4 rings (SSSR count). The standard InChI is InChI=1S/C25H30N4O7S2/c1-14(2)11-12-25(4)18-8-6-5-7-17(18)22(31)21(23(25)32)24-26-19-10-9-16(13-20(19)37(33,34)29-24)28-38(35,36)27-15(3)30/h5-10,13-14,28,31,33-34H,11-12H2,1-4H3,(H,26,29)(H,27,30). The van der Waals surface area contributed by atoms with E-state index in [1.165, 1.54) is 12.1 Å². The van der Waals surface area contributed by atoms with Crippen LogP contribution in [0.25, 0.3) is 5.76 Å². The lowest BCUT2D eigenvalue weighted by molar-refractivity contribution is -0.120. The van der Waals surface area contributed by atoms with Gasteiger partial charge in [-0.1, -0.05) is 48.9 Å². The summed E-state index contributed by atoms with van der Waals surface area (Å²) < 4.78 is 53.8. The van der Waals surface area contributed by atoms with Gasteiger partial charge in [0.1, 0.15) is 16.2 Å². The van der Waals surface area contributed by atoms with E-state index in [0.29, 0.717) is 23.5 Å². The lowest BCUT2D eigenvalue weighted by Gasteiger charge is -2.39. The molecule has 1 aliphatic heterocycles. The zero-order valence-electron chi connectivity index (χ0n) is 21.3. The molecule has 11 nitrogen and oxygen atoms in total. The Balaban J connectivity index is 1.77. The second-order valence-electron chi connectivity index (χ2n) is 9.92. The van der Waals surface area contributed by atoms with Gasteiger partial charge in [0.05, 0.1) is 16.8 Å². The van der Waals surface area contributed by atoms with Gasteiger partial charge in [-0.2, -0.15) is 8.42 Å². The van der Waals surface area contributed by atoms with Crippen molar-refractivity contribution < 1.29 is 32.2 Å². The first-order valence-electron chi connectivity index (χ1n) is 11.8. The van der Waals surface area contributed by atoms with Crippen LogP contribution in [0.1, 0.15) is 51.7 Å². The number of carbonyl (C=O) groups excluding carboxylic acids is 2. The third-order valence-electron chi connectivity index (χ3n) is 6.48. The van der Waals surface area contributed by atoms with Crippen LogP contribution in [-0.2, 0) is 25.2 Å². The first-order chi connectivity index (χ1) is 17.6. The van der Waals surface area contributed by atoms with E-state index in [9.17, 15) is 32.2 Å². The molecule has 1 atom stereocenters. The Labute approximate surface area is 222 Å². The van der Waals surface area contributed by atoms with Crippen LogP contribution in [0, 0.1) is 5.92 Å². The Hall–Kier alpha value is -3.39. The summed E-state index contributed by atoms with van der Waals surface area (Å²) in [5.41, 5.74) is 0.115. The van der Waals surface area contributed by atoms with Crippen molar-refractivity contribution >= 4 is 55.6 Å². The van der Waals surface area contributed by atoms with Crippen molar-refractivity contribution in [3.63, 3.8) is 0 Å². The number of nitrogens with one attached hydrogen (secondary N) is 3. The fourth-order valence-electron chi connectivity index (χ4n) is 4.58. The number of amides is 1. The summed E-state index contributed by atoms with van der Waals surface area (Å²) >= 11 is 0. The molecule has 0 bridgehead atoms. The van der Waals surface area contributed by atoms with Crippen LogP contribution >= 0.6 is 10.8 Å². The number of hydrogen-bond donors (Lipinski definition) is 6. The smallest absolute Gasteiger partial charge is 0.323 e. The molecule has 204 valence electrons. The lowest BCUT2D eigenvalue weighted by Crippen LogP contribution is -2.42. The molecule has 0 radical (unpaired) electrons. The van der Waals surface area contributed by atoms with E-state index < -0.39 is 38.1 Å². The van der Waals surface area contributed by atoms with Crippen LogP contribution in [0.4, 0.5) is 11.4 Å². The maximum Gasteiger partial charge on any atom is 0.323 e. The molecular formula is C25H30N4O7S2. The molecule has 13 heteroatoms. The predicted molar refractivity (Wildman–Crippen MR) is 147 cm³/mol. The molecule has 0 spiro atoms. The average Bonchev–Trinajstić information content (AvgIpc) is 2.81. The Morgan fingerprint density at radius 2 is 1.87 bits per heavy atom. The van der Waals surface area contributed by atoms with Gasteiger partial charge in [0.2, 0.25) is 5.91 Å². The number of Topliss-reactive ketones (excluding diaryl/α,β-unsaturated/α-hetero) is 1. The van der Waals surface area contributed by atoms with Gasteiger partial charge in [0, 0.05) is 12.5 Å². The quantitative estimate of drug-likeness (QED) is 0.284. The summed E-state index contributed by atoms with van der Waals surface area (Å²) in [6, 6.07) is 10.9. The number of aliphatic hydroxyl groups excluding tert-OH is 1. The maximum absolute atomic E-state index is 14.0. The number of aliphatic hydroxyl groups is 1. The number of amidine groups is 1. The minimum atomic E-state index is -4.24. The molecule has 38 heavy (non-hydrogen) atoms. The van der Waals surface area contributed by atoms with Crippen LogP contribution in [0.3, 0.4) is 0 Å². The molecule has 1 unspecified atom stereocenters. The second-order valence-corrected chi connectivity index (χ2v) is 13.0. The van der Waals surface area contributed by atoms with E-state index >= 15 is 0 Å². The molecule has 6 N–H and O–H groups in total. The molecule has 0 saturated heterocycles. The number of carbonyl (C=O) groups is 2. The normalized spacial score (nSPS) is 21.1. The van der Waals surface area contributed by atoms with Crippen LogP contribution in [0.2, 0.25) is 0 Å². The summed E-state index contributed by atoms with van der Waals surface area (Å²) in [7, 11) is -8.16. The third kappa shape index (κ3) is 5.14. The molecule has 0 fully saturated rings. The lowest BCUT2D eigenvalue weighted by atomic mass is 9.66. The van der Waals surface area contributed by atoms with Gasteiger partial charge in [0.15, 0.2) is 11.6 Å². The van der Waals surface area contributed by atoms with Crippen LogP contribution in [0.15, 0.2) is 57.3 Å². The largest absolute Gasteiger partial charge is 0.506 e. The number of anilines is 2. The number of nitrogens with zero attached hydrogens (tertiary/aromatic N) is 1. The van der Waals surface area contributed by atoms with Crippen molar-refractivity contribution in [3.8, 4) is 0 Å². The molecule has 2 aromatic rings. The van der Waals surface area contributed by atoms with Crippen molar-refractivity contribution in [2.75, 3.05) is 10.0 Å². The molecule has 2 aromatic carbocycles. The van der Waals surface area contributed by atoms with Gasteiger partial charge in [-0.05, 0) is 49.4 Å². The van der Waals surface area contributed by atoms with Crippen molar-refractivity contribution in [1.29, 1.82) is 0 Å². The molecule has 0 aromatic heterocycles. The van der Waals surface area contributed by atoms with Crippen molar-refractivity contribution in [2.45, 2.75) is 50.8 Å². The molecule has 2 aliphatic rings. The summed E-state index contributed by atoms with van der Waals surface area (Å²) in [4.78, 5) is 25.0. The fraction of sp³-hybridized carbons (Fsp3) is 0.320. The summed E-state index contributed by atoms with van der Waals surface area (Å²) in [5.74, 6) is -1.40. The highest BCUT2D eigenvalue weighted by molar-refractivity contribution is 8.23. The number of fused-ring (bicyclic) bond motifs is 2. The monoisotopic (exact) mass is 562 g/mol. The first-order valence-corrected chi connectivity index (χ1v) is 14.8. The minimum Gasteiger partial charge on any atom is -0.506 e. The van der Waals surface area contributed by atoms with Gasteiger partial charge >= 0.3 is 10.2 Å². The SMILES string of the molecule is CC(=O)NS(=O)(=O)Nc1ccc2c(c1)S(O)(O)N=C(C1=C(O)c3ccccc3C(C)(CCC(C)C)C1=O)N2. The van der Waals surface area contributed by atoms with E-state index in [0.717, 1.165) is 19.4 Å². The van der Waals surface area contributed by atoms with Gasteiger partial charge in [-0.15, -0.1) is 4.40 Å². The van der Waals surface area contributed by atoms with Gasteiger partial charge in [-0.3, -0.25) is 23.4 Å². The zero-order chi connectivity index (χ0) is 28.0. The summed E-state index contributed by atoms with van der Waals surface area (Å²) in [6.07, 6.45) is 1.26. The third-order valence-corrected chi connectivity index (χ3v) is 8.90. The van der Waals surface area contributed by atoms with Crippen molar-refractivity contribution in [3.05, 3.63) is 59.2 Å². The van der Waals surface area contributed by atoms with E-state index in [1.54, 1.807) is 22.9 Å². The maximum atomic E-state index is 14.0. The number of benzene rings is 2. The van der Waals surface area contributed by atoms with Crippen molar-refractivity contribution in [1.82, 2.24) is 4.72 Å². The zero-order valence-corrected chi connectivity index (χ0v) is 22.9. The van der Waals surface area contributed by atoms with E-state index in [-0.39, 0.29) is 33.4 Å². The van der Waals surface area contributed by atoms with Gasteiger partial charge in [0.25, 0.3) is 0 Å². The van der Waals surface area contributed by atoms with Crippen LogP contribution in [0.5, 0.6) is 0 Å².